The molecule has 4 nitrogen and oxygen atoms in total. The largest absolute Gasteiger partial charge is 0.253 e. The van der Waals surface area contributed by atoms with Crippen LogP contribution in [-0.2, 0) is 0 Å². The quantitative estimate of drug-likeness (QED) is 0.696. The molecule has 0 fully saturated rings. The summed E-state index contributed by atoms with van der Waals surface area (Å²) in [6.45, 7) is 2.14. The summed E-state index contributed by atoms with van der Waals surface area (Å²) in [5, 5.41) is 5.06. The van der Waals surface area contributed by atoms with Crippen molar-refractivity contribution in [3.8, 4) is 0 Å². The van der Waals surface area contributed by atoms with Crippen molar-refractivity contribution in [1.82, 2.24) is 19.6 Å². The molecule has 5 heteroatoms. The van der Waals surface area contributed by atoms with Crippen LogP contribution in [0.4, 0.5) is 0 Å². The first kappa shape index (κ1) is 8.50. The van der Waals surface area contributed by atoms with Crippen molar-refractivity contribution in [3.63, 3.8) is 0 Å². The summed E-state index contributed by atoms with van der Waals surface area (Å²) >= 11 is 1.66. The van der Waals surface area contributed by atoms with Gasteiger partial charge in [0.1, 0.15) is 0 Å². The van der Waals surface area contributed by atoms with E-state index in [0.717, 1.165) is 17.3 Å². The van der Waals surface area contributed by atoms with Crippen LogP contribution in [0.2, 0.25) is 0 Å². The van der Waals surface area contributed by atoms with Gasteiger partial charge in [0.25, 0.3) is 5.78 Å². The van der Waals surface area contributed by atoms with Gasteiger partial charge in [-0.2, -0.15) is 4.98 Å². The molecule has 0 aliphatic heterocycles. The second kappa shape index (κ2) is 3.74. The summed E-state index contributed by atoms with van der Waals surface area (Å²) < 4.78 is 1.69. The fourth-order valence-corrected chi connectivity index (χ4v) is 1.65. The predicted octanol–water partition coefficient (Wildman–Crippen LogP) is 1.63. The molecule has 2 aromatic heterocycles. The molecule has 0 spiro atoms. The van der Waals surface area contributed by atoms with Gasteiger partial charge in [-0.15, -0.1) is 5.10 Å². The molecule has 0 N–H and O–H groups in total. The average Bonchev–Trinajstić information content (AvgIpc) is 2.57. The minimum Gasteiger partial charge on any atom is -0.220 e. The summed E-state index contributed by atoms with van der Waals surface area (Å²) in [6.07, 6.45) is 4.71. The van der Waals surface area contributed by atoms with Crippen molar-refractivity contribution in [1.29, 1.82) is 0 Å². The van der Waals surface area contributed by atoms with E-state index >= 15 is 0 Å². The van der Waals surface area contributed by atoms with Gasteiger partial charge in [0, 0.05) is 18.1 Å². The van der Waals surface area contributed by atoms with Crippen LogP contribution in [-0.4, -0.2) is 25.3 Å². The van der Waals surface area contributed by atoms with E-state index in [0.29, 0.717) is 5.78 Å². The number of rotatable bonds is 3. The van der Waals surface area contributed by atoms with Gasteiger partial charge < -0.3 is 0 Å². The summed E-state index contributed by atoms with van der Waals surface area (Å²) in [6, 6.07) is 1.84. The van der Waals surface area contributed by atoms with Crippen molar-refractivity contribution in [2.24, 2.45) is 0 Å². The van der Waals surface area contributed by atoms with Gasteiger partial charge in [-0.1, -0.05) is 18.7 Å². The molecule has 68 valence electrons. The third kappa shape index (κ3) is 1.80. The third-order valence-electron chi connectivity index (χ3n) is 1.53. The number of hydrogen-bond acceptors (Lipinski definition) is 4. The topological polar surface area (TPSA) is 43.1 Å². The Morgan fingerprint density at radius 1 is 1.54 bits per heavy atom. The Morgan fingerprint density at radius 3 is 3.23 bits per heavy atom. The van der Waals surface area contributed by atoms with Gasteiger partial charge in [-0.3, -0.25) is 0 Å². The van der Waals surface area contributed by atoms with Crippen molar-refractivity contribution in [2.75, 3.05) is 5.75 Å². The highest BCUT2D eigenvalue weighted by atomic mass is 32.2. The first-order valence-corrected chi connectivity index (χ1v) is 5.19. The fourth-order valence-electron chi connectivity index (χ4n) is 0.968. The van der Waals surface area contributed by atoms with Crippen LogP contribution >= 0.6 is 11.8 Å². The van der Waals surface area contributed by atoms with Gasteiger partial charge in [0.05, 0.1) is 0 Å². The molecular formula is C8H10N4S. The standard InChI is InChI=1S/C8H10N4S/c1-2-6-13-8-10-7-9-4-3-5-12(7)11-8/h3-5H,2,6H2,1H3. The lowest BCUT2D eigenvalue weighted by Crippen LogP contribution is -1.87. The van der Waals surface area contributed by atoms with Crippen LogP contribution < -0.4 is 0 Å². The molecule has 0 aromatic carbocycles. The van der Waals surface area contributed by atoms with Crippen LogP contribution in [0.5, 0.6) is 0 Å². The molecule has 2 rings (SSSR count). The van der Waals surface area contributed by atoms with E-state index in [9.17, 15) is 0 Å². The number of hydrogen-bond donors (Lipinski definition) is 0. The van der Waals surface area contributed by atoms with Gasteiger partial charge >= 0.3 is 0 Å². The molecule has 2 aromatic rings. The van der Waals surface area contributed by atoms with Gasteiger partial charge in [-0.05, 0) is 12.5 Å². The molecule has 0 aliphatic carbocycles. The van der Waals surface area contributed by atoms with Crippen molar-refractivity contribution in [2.45, 2.75) is 18.5 Å². The zero-order valence-corrected chi connectivity index (χ0v) is 8.16. The molecule has 13 heavy (non-hydrogen) atoms. The number of thioether (sulfide) groups is 1. The van der Waals surface area contributed by atoms with Gasteiger partial charge in [0.15, 0.2) is 0 Å². The van der Waals surface area contributed by atoms with Crippen molar-refractivity contribution < 1.29 is 0 Å². The minimum absolute atomic E-state index is 0.668. The molecule has 0 atom stereocenters. The molecule has 0 amide bonds. The maximum Gasteiger partial charge on any atom is 0.253 e. The van der Waals surface area contributed by atoms with Crippen LogP contribution in [0.15, 0.2) is 23.6 Å². The zero-order chi connectivity index (χ0) is 9.10. The molecule has 0 aliphatic rings. The van der Waals surface area contributed by atoms with Gasteiger partial charge in [0.2, 0.25) is 5.16 Å². The lowest BCUT2D eigenvalue weighted by molar-refractivity contribution is 0.878. The lowest BCUT2D eigenvalue weighted by Gasteiger charge is -1.88. The first-order chi connectivity index (χ1) is 6.40. The molecule has 0 saturated carbocycles. The molecule has 0 radical (unpaired) electrons. The summed E-state index contributed by atoms with van der Waals surface area (Å²) in [5.41, 5.74) is 0. The maximum atomic E-state index is 4.26. The summed E-state index contributed by atoms with van der Waals surface area (Å²) in [5.74, 6) is 1.72. The molecule has 0 bridgehead atoms. The highest BCUT2D eigenvalue weighted by molar-refractivity contribution is 7.99. The summed E-state index contributed by atoms with van der Waals surface area (Å²) in [4.78, 5) is 8.34. The second-order valence-electron chi connectivity index (χ2n) is 2.61. The predicted molar refractivity (Wildman–Crippen MR) is 51.8 cm³/mol. The normalized spacial score (nSPS) is 10.8. The monoisotopic (exact) mass is 194 g/mol. The second-order valence-corrected chi connectivity index (χ2v) is 3.67. The Hall–Kier alpha value is -1.10. The average molecular weight is 194 g/mol. The van der Waals surface area contributed by atoms with Crippen molar-refractivity contribution in [3.05, 3.63) is 18.5 Å². The minimum atomic E-state index is 0.668. The number of fused-ring (bicyclic) bond motifs is 1. The molecule has 0 unspecified atom stereocenters. The fraction of sp³-hybridized carbons (Fsp3) is 0.375. The first-order valence-electron chi connectivity index (χ1n) is 4.20. The third-order valence-corrected chi connectivity index (χ3v) is 2.58. The van der Waals surface area contributed by atoms with Gasteiger partial charge in [-0.25, -0.2) is 9.50 Å². The van der Waals surface area contributed by atoms with E-state index in [-0.39, 0.29) is 0 Å². The van der Waals surface area contributed by atoms with Crippen molar-refractivity contribution >= 4 is 17.5 Å². The van der Waals surface area contributed by atoms with E-state index in [1.807, 2.05) is 12.3 Å². The summed E-state index contributed by atoms with van der Waals surface area (Å²) in [7, 11) is 0. The molecule has 0 saturated heterocycles. The highest BCUT2D eigenvalue weighted by Crippen LogP contribution is 2.13. The Kier molecular flexibility index (Phi) is 2.44. The smallest absolute Gasteiger partial charge is 0.220 e. The molecule has 2 heterocycles. The Balaban J connectivity index is 2.28. The van der Waals surface area contributed by atoms with E-state index in [4.69, 9.17) is 0 Å². The van der Waals surface area contributed by atoms with E-state index < -0.39 is 0 Å². The number of aromatic nitrogens is 4. The SMILES string of the molecule is CCCSc1nc2ncccn2n1. The van der Waals surface area contributed by atoms with Crippen LogP contribution in [0.3, 0.4) is 0 Å². The number of nitrogens with zero attached hydrogens (tertiary/aromatic N) is 4. The van der Waals surface area contributed by atoms with Crippen LogP contribution in [0, 0.1) is 0 Å². The zero-order valence-electron chi connectivity index (χ0n) is 7.34. The van der Waals surface area contributed by atoms with Crippen LogP contribution in [0.25, 0.3) is 5.78 Å². The van der Waals surface area contributed by atoms with Crippen LogP contribution in [0.1, 0.15) is 13.3 Å². The Morgan fingerprint density at radius 2 is 2.46 bits per heavy atom. The van der Waals surface area contributed by atoms with E-state index in [1.165, 1.54) is 0 Å². The Labute approximate surface area is 80.4 Å². The van der Waals surface area contributed by atoms with E-state index in [2.05, 4.69) is 22.0 Å². The van der Waals surface area contributed by atoms with E-state index in [1.54, 1.807) is 22.5 Å². The maximum absolute atomic E-state index is 4.26. The lowest BCUT2D eigenvalue weighted by atomic mass is 10.6. The Bertz CT molecular complexity index is 365. The highest BCUT2D eigenvalue weighted by Gasteiger charge is 2.02. The molecular weight excluding hydrogens is 184 g/mol.